The van der Waals surface area contributed by atoms with Crippen molar-refractivity contribution in [3.63, 3.8) is 0 Å². The monoisotopic (exact) mass is 335 g/mol. The number of rotatable bonds is 6. The summed E-state index contributed by atoms with van der Waals surface area (Å²) < 4.78 is 5.14. The molecule has 0 unspecified atom stereocenters. The maximum Gasteiger partial charge on any atom is 0.269 e. The summed E-state index contributed by atoms with van der Waals surface area (Å²) in [6.07, 6.45) is 1.01. The number of aromatic amines is 1. The lowest BCUT2D eigenvalue weighted by atomic mass is 10.1. The maximum absolute atomic E-state index is 12.3. The van der Waals surface area contributed by atoms with Crippen molar-refractivity contribution in [3.05, 3.63) is 71.4 Å². The lowest BCUT2D eigenvalue weighted by Crippen LogP contribution is -2.23. The van der Waals surface area contributed by atoms with Crippen molar-refractivity contribution in [1.82, 2.24) is 15.5 Å². The number of amides is 1. The highest BCUT2D eigenvalue weighted by Crippen LogP contribution is 2.21. The Morgan fingerprint density at radius 3 is 2.40 bits per heavy atom. The molecule has 2 N–H and O–H groups in total. The van der Waals surface area contributed by atoms with Crippen LogP contribution in [0.1, 0.15) is 28.5 Å². The third-order valence-electron chi connectivity index (χ3n) is 4.09. The number of carbonyl (C=O) groups is 1. The van der Waals surface area contributed by atoms with Gasteiger partial charge in [-0.05, 0) is 47.9 Å². The fraction of sp³-hybridized carbons (Fsp3) is 0.200. The van der Waals surface area contributed by atoms with Gasteiger partial charge < -0.3 is 10.1 Å². The van der Waals surface area contributed by atoms with Gasteiger partial charge in [-0.15, -0.1) is 0 Å². The van der Waals surface area contributed by atoms with Gasteiger partial charge in [0.05, 0.1) is 12.8 Å². The predicted molar refractivity (Wildman–Crippen MR) is 97.6 cm³/mol. The van der Waals surface area contributed by atoms with E-state index in [1.54, 1.807) is 13.2 Å². The highest BCUT2D eigenvalue weighted by Gasteiger charge is 2.11. The smallest absolute Gasteiger partial charge is 0.269 e. The van der Waals surface area contributed by atoms with E-state index in [0.29, 0.717) is 12.2 Å². The van der Waals surface area contributed by atoms with Crippen molar-refractivity contribution >= 4 is 5.91 Å². The van der Waals surface area contributed by atoms with Crippen LogP contribution in [0.4, 0.5) is 0 Å². The van der Waals surface area contributed by atoms with Crippen molar-refractivity contribution < 1.29 is 9.53 Å². The van der Waals surface area contributed by atoms with Crippen molar-refractivity contribution in [2.24, 2.45) is 0 Å². The second-order valence-electron chi connectivity index (χ2n) is 5.75. The van der Waals surface area contributed by atoms with Crippen LogP contribution < -0.4 is 10.1 Å². The quantitative estimate of drug-likeness (QED) is 0.723. The van der Waals surface area contributed by atoms with Crippen molar-refractivity contribution in [2.45, 2.75) is 19.9 Å². The van der Waals surface area contributed by atoms with Crippen LogP contribution in [-0.4, -0.2) is 23.2 Å². The minimum atomic E-state index is -0.174. The Labute approximate surface area is 147 Å². The molecule has 1 amide bonds. The van der Waals surface area contributed by atoms with Crippen molar-refractivity contribution in [1.29, 1.82) is 0 Å². The number of nitrogens with zero attached hydrogens (tertiary/aromatic N) is 1. The molecule has 128 valence electrons. The summed E-state index contributed by atoms with van der Waals surface area (Å²) in [6.45, 7) is 2.61. The number of methoxy groups -OCH3 is 1. The third-order valence-corrected chi connectivity index (χ3v) is 4.09. The molecule has 1 heterocycles. The van der Waals surface area contributed by atoms with E-state index in [4.69, 9.17) is 4.74 Å². The van der Waals surface area contributed by atoms with Crippen LogP contribution in [0.15, 0.2) is 54.6 Å². The Morgan fingerprint density at radius 1 is 1.08 bits per heavy atom. The molecule has 3 rings (SSSR count). The fourth-order valence-electron chi connectivity index (χ4n) is 2.52. The molecule has 0 atom stereocenters. The minimum absolute atomic E-state index is 0.174. The summed E-state index contributed by atoms with van der Waals surface area (Å²) in [6, 6.07) is 17.5. The van der Waals surface area contributed by atoms with Crippen LogP contribution in [0.2, 0.25) is 0 Å². The summed E-state index contributed by atoms with van der Waals surface area (Å²) in [7, 11) is 1.63. The third kappa shape index (κ3) is 4.07. The largest absolute Gasteiger partial charge is 0.497 e. The lowest BCUT2D eigenvalue weighted by Gasteiger charge is -2.04. The number of carbonyl (C=O) groups excluding carboxylic acids is 1. The van der Waals surface area contributed by atoms with Gasteiger partial charge in [0.2, 0.25) is 0 Å². The topological polar surface area (TPSA) is 67.0 Å². The first-order valence-electron chi connectivity index (χ1n) is 8.25. The predicted octanol–water partition coefficient (Wildman–Crippen LogP) is 3.58. The van der Waals surface area contributed by atoms with Gasteiger partial charge >= 0.3 is 0 Å². The van der Waals surface area contributed by atoms with Gasteiger partial charge in [0.1, 0.15) is 11.4 Å². The number of ether oxygens (including phenoxy) is 1. The molecule has 5 nitrogen and oxygen atoms in total. The molecule has 0 bridgehead atoms. The molecule has 0 spiro atoms. The number of benzene rings is 2. The fourth-order valence-corrected chi connectivity index (χ4v) is 2.52. The van der Waals surface area contributed by atoms with Gasteiger partial charge in [-0.2, -0.15) is 5.10 Å². The van der Waals surface area contributed by atoms with Crippen LogP contribution in [0, 0.1) is 0 Å². The summed E-state index contributed by atoms with van der Waals surface area (Å²) in [4.78, 5) is 12.3. The normalized spacial score (nSPS) is 10.5. The molecule has 0 fully saturated rings. The number of nitrogens with one attached hydrogen (secondary N) is 2. The highest BCUT2D eigenvalue weighted by atomic mass is 16.5. The number of hydrogen-bond donors (Lipinski definition) is 2. The summed E-state index contributed by atoms with van der Waals surface area (Å²) in [5, 5.41) is 9.91. The molecule has 1 aromatic heterocycles. The van der Waals surface area contributed by atoms with Gasteiger partial charge in [0.25, 0.3) is 5.91 Å². The Morgan fingerprint density at radius 2 is 1.76 bits per heavy atom. The Kier molecular flexibility index (Phi) is 5.14. The van der Waals surface area contributed by atoms with E-state index in [9.17, 15) is 4.79 Å². The summed E-state index contributed by atoms with van der Waals surface area (Å²) >= 11 is 0. The van der Waals surface area contributed by atoms with Crippen LogP contribution in [0.3, 0.4) is 0 Å². The average molecular weight is 335 g/mol. The summed E-state index contributed by atoms with van der Waals surface area (Å²) in [5.74, 6) is 0.609. The van der Waals surface area contributed by atoms with E-state index in [1.165, 1.54) is 5.56 Å². The van der Waals surface area contributed by atoms with Gasteiger partial charge in [0.15, 0.2) is 0 Å². The van der Waals surface area contributed by atoms with E-state index in [0.717, 1.165) is 29.0 Å². The second-order valence-corrected chi connectivity index (χ2v) is 5.75. The molecule has 0 aliphatic rings. The molecule has 0 saturated heterocycles. The molecule has 3 aromatic rings. The zero-order valence-electron chi connectivity index (χ0n) is 14.4. The van der Waals surface area contributed by atoms with E-state index < -0.39 is 0 Å². The summed E-state index contributed by atoms with van der Waals surface area (Å²) in [5.41, 5.74) is 4.44. The van der Waals surface area contributed by atoms with E-state index in [1.807, 2.05) is 36.4 Å². The zero-order valence-corrected chi connectivity index (χ0v) is 14.4. The van der Waals surface area contributed by atoms with Crippen LogP contribution >= 0.6 is 0 Å². The molecule has 0 aliphatic carbocycles. The van der Waals surface area contributed by atoms with Crippen LogP contribution in [0.25, 0.3) is 11.3 Å². The molecular formula is C20H21N3O2. The van der Waals surface area contributed by atoms with Crippen LogP contribution in [0.5, 0.6) is 5.75 Å². The first-order chi connectivity index (χ1) is 12.2. The molecule has 0 aliphatic heterocycles. The van der Waals surface area contributed by atoms with Gasteiger partial charge in [0, 0.05) is 12.1 Å². The zero-order chi connectivity index (χ0) is 17.6. The number of hydrogen-bond acceptors (Lipinski definition) is 3. The maximum atomic E-state index is 12.3. The molecule has 5 heteroatoms. The standard InChI is InChI=1S/C20H21N3O2/c1-3-14-4-6-15(7-5-14)13-21-20(24)19-12-18(22-23-19)16-8-10-17(25-2)11-9-16/h4-12H,3,13H2,1-2H3,(H,21,24)(H,22,23). The Bertz CT molecular complexity index is 836. The molecule has 0 saturated carbocycles. The average Bonchev–Trinajstić information content (AvgIpc) is 3.17. The molecule has 0 radical (unpaired) electrons. The van der Waals surface area contributed by atoms with E-state index >= 15 is 0 Å². The molecular weight excluding hydrogens is 314 g/mol. The van der Waals surface area contributed by atoms with E-state index in [-0.39, 0.29) is 5.91 Å². The van der Waals surface area contributed by atoms with Gasteiger partial charge in [-0.3, -0.25) is 9.89 Å². The van der Waals surface area contributed by atoms with Gasteiger partial charge in [-0.1, -0.05) is 31.2 Å². The first kappa shape index (κ1) is 16.8. The number of H-pyrrole nitrogens is 1. The van der Waals surface area contributed by atoms with Crippen molar-refractivity contribution in [2.75, 3.05) is 7.11 Å². The highest BCUT2D eigenvalue weighted by molar-refractivity contribution is 5.93. The molecule has 25 heavy (non-hydrogen) atoms. The minimum Gasteiger partial charge on any atom is -0.497 e. The lowest BCUT2D eigenvalue weighted by molar-refractivity contribution is 0.0946. The SMILES string of the molecule is CCc1ccc(CNC(=O)c2cc(-c3ccc(OC)cc3)n[nH]2)cc1. The number of aryl methyl sites for hydroxylation is 1. The molecule has 2 aromatic carbocycles. The van der Waals surface area contributed by atoms with Gasteiger partial charge in [-0.25, -0.2) is 0 Å². The second kappa shape index (κ2) is 7.66. The Hall–Kier alpha value is -3.08. The number of aromatic nitrogens is 2. The Balaban J connectivity index is 1.63. The van der Waals surface area contributed by atoms with Crippen LogP contribution in [-0.2, 0) is 13.0 Å². The van der Waals surface area contributed by atoms with Crippen molar-refractivity contribution in [3.8, 4) is 17.0 Å². The first-order valence-corrected chi connectivity index (χ1v) is 8.25. The van der Waals surface area contributed by atoms with E-state index in [2.05, 4.69) is 34.6 Å².